The van der Waals surface area contributed by atoms with Crippen LogP contribution in [0.4, 0.5) is 10.1 Å². The van der Waals surface area contributed by atoms with Crippen molar-refractivity contribution in [1.29, 1.82) is 0 Å². The Kier molecular flexibility index (Phi) is 7.45. The minimum atomic E-state index is -0.520. The van der Waals surface area contributed by atoms with Crippen molar-refractivity contribution < 1.29 is 18.8 Å². The Bertz CT molecular complexity index is 1200. The highest BCUT2D eigenvalue weighted by Crippen LogP contribution is 2.30. The highest BCUT2D eigenvalue weighted by Gasteiger charge is 2.27. The molecule has 2 aliphatic carbocycles. The fourth-order valence-electron chi connectivity index (χ4n) is 5.22. The Hall–Kier alpha value is -3.32. The highest BCUT2D eigenvalue weighted by atomic mass is 19.1. The van der Waals surface area contributed by atoms with Crippen LogP contribution in [-0.2, 0) is 29.0 Å². The summed E-state index contributed by atoms with van der Waals surface area (Å²) < 4.78 is 14.1. The summed E-state index contributed by atoms with van der Waals surface area (Å²) in [4.78, 5) is 40.2. The number of hydrogen-bond donors (Lipinski definition) is 2. The second kappa shape index (κ2) is 10.5. The number of Topliss-reactive ketones (excluding diaryl/α,β-unsaturated/α-hetero) is 2. The number of rotatable bonds is 8. The Labute approximate surface area is 205 Å². The molecule has 35 heavy (non-hydrogen) atoms. The molecule has 2 aliphatic rings. The first-order chi connectivity index (χ1) is 16.8. The third-order valence-corrected chi connectivity index (χ3v) is 7.22. The van der Waals surface area contributed by atoms with E-state index in [-0.39, 0.29) is 30.0 Å². The molecule has 7 heteroatoms. The third kappa shape index (κ3) is 5.51. The van der Waals surface area contributed by atoms with Crippen LogP contribution in [0.2, 0.25) is 0 Å². The zero-order valence-corrected chi connectivity index (χ0v) is 20.3. The van der Waals surface area contributed by atoms with Gasteiger partial charge in [-0.05, 0) is 72.5 Å². The topological polar surface area (TPSA) is 92.5 Å². The lowest BCUT2D eigenvalue weighted by Gasteiger charge is -2.31. The average Bonchev–Trinajstić information content (AvgIpc) is 2.84. The highest BCUT2D eigenvalue weighted by molar-refractivity contribution is 6.25. The van der Waals surface area contributed by atoms with Crippen LogP contribution in [-0.4, -0.2) is 42.5 Å². The van der Waals surface area contributed by atoms with Crippen LogP contribution >= 0.6 is 0 Å². The van der Waals surface area contributed by atoms with Crippen molar-refractivity contribution in [3.8, 4) is 0 Å². The number of carbonyl (C=O) groups is 3. The van der Waals surface area contributed by atoms with E-state index >= 15 is 0 Å². The molecule has 0 aliphatic heterocycles. The fraction of sp³-hybridized carbons (Fsp3) is 0.393. The normalized spacial score (nSPS) is 16.1. The molecule has 0 saturated heterocycles. The van der Waals surface area contributed by atoms with Crippen molar-refractivity contribution in [2.45, 2.75) is 57.5 Å². The number of fused-ring (bicyclic) bond motifs is 1. The molecule has 0 aromatic heterocycles. The summed E-state index contributed by atoms with van der Waals surface area (Å²) in [5.74, 6) is -1.54. The van der Waals surface area contributed by atoms with Gasteiger partial charge in [-0.25, -0.2) is 4.39 Å². The van der Waals surface area contributed by atoms with Gasteiger partial charge in [0, 0.05) is 43.7 Å². The zero-order valence-electron chi connectivity index (χ0n) is 20.3. The summed E-state index contributed by atoms with van der Waals surface area (Å²) in [7, 11) is 3.74. The number of ketones is 2. The van der Waals surface area contributed by atoms with Crippen LogP contribution in [0.15, 0.2) is 35.9 Å². The predicted octanol–water partition coefficient (Wildman–Crippen LogP) is 4.05. The molecule has 184 valence electrons. The van der Waals surface area contributed by atoms with Crippen LogP contribution in [0.3, 0.4) is 0 Å². The lowest BCUT2D eigenvalue weighted by atomic mass is 9.86. The number of nitrogens with two attached hydrogens (primary N) is 1. The summed E-state index contributed by atoms with van der Waals surface area (Å²) in [6.07, 6.45) is 7.49. The van der Waals surface area contributed by atoms with Crippen molar-refractivity contribution in [2.75, 3.05) is 19.4 Å². The molecule has 3 N–H and O–H groups in total. The number of anilines is 1. The fourth-order valence-corrected chi connectivity index (χ4v) is 5.22. The lowest BCUT2D eigenvalue weighted by molar-refractivity contribution is -0.120. The number of carbonyl (C=O) groups excluding carboxylic acids is 3. The van der Waals surface area contributed by atoms with Gasteiger partial charge in [0.05, 0.1) is 5.57 Å². The van der Waals surface area contributed by atoms with Crippen LogP contribution < -0.4 is 11.1 Å². The molecule has 1 saturated carbocycles. The largest absolute Gasteiger partial charge is 0.388 e. The molecule has 0 heterocycles. The van der Waals surface area contributed by atoms with Gasteiger partial charge in [-0.15, -0.1) is 0 Å². The summed E-state index contributed by atoms with van der Waals surface area (Å²) >= 11 is 0. The quantitative estimate of drug-likeness (QED) is 0.560. The molecular weight excluding hydrogens is 445 g/mol. The van der Waals surface area contributed by atoms with Gasteiger partial charge in [0.25, 0.3) is 0 Å². The number of nitrogens with zero attached hydrogens (tertiary/aromatic N) is 1. The van der Waals surface area contributed by atoms with E-state index < -0.39 is 11.7 Å². The smallest absolute Gasteiger partial charge is 0.248 e. The van der Waals surface area contributed by atoms with E-state index in [0.717, 1.165) is 24.0 Å². The summed E-state index contributed by atoms with van der Waals surface area (Å²) in [5, 5.41) is 2.92. The van der Waals surface area contributed by atoms with Crippen molar-refractivity contribution >= 4 is 29.2 Å². The van der Waals surface area contributed by atoms with Crippen molar-refractivity contribution in [3.05, 3.63) is 69.5 Å². The van der Waals surface area contributed by atoms with Gasteiger partial charge in [-0.2, -0.15) is 0 Å². The molecule has 0 radical (unpaired) electrons. The van der Waals surface area contributed by atoms with Crippen LogP contribution in [0.5, 0.6) is 0 Å². The Balaban J connectivity index is 1.61. The molecular formula is C28H32FN3O3. The van der Waals surface area contributed by atoms with Crippen LogP contribution in [0, 0.1) is 5.82 Å². The summed E-state index contributed by atoms with van der Waals surface area (Å²) in [6.45, 7) is 0.584. The lowest BCUT2D eigenvalue weighted by Crippen LogP contribution is -2.33. The van der Waals surface area contributed by atoms with Gasteiger partial charge < -0.3 is 11.1 Å². The Morgan fingerprint density at radius 3 is 2.54 bits per heavy atom. The third-order valence-electron chi connectivity index (χ3n) is 7.22. The monoisotopic (exact) mass is 477 g/mol. The maximum absolute atomic E-state index is 14.1. The molecule has 0 atom stereocenters. The number of amides is 1. The van der Waals surface area contributed by atoms with Crippen molar-refractivity contribution in [1.82, 2.24) is 4.90 Å². The van der Waals surface area contributed by atoms with Gasteiger partial charge >= 0.3 is 0 Å². The number of primary amides is 1. The molecule has 0 unspecified atom stereocenters. The van der Waals surface area contributed by atoms with E-state index in [1.807, 2.05) is 0 Å². The van der Waals surface area contributed by atoms with E-state index in [1.165, 1.54) is 37.5 Å². The van der Waals surface area contributed by atoms with Gasteiger partial charge in [0.2, 0.25) is 5.91 Å². The minimum absolute atomic E-state index is 0.0218. The van der Waals surface area contributed by atoms with E-state index in [4.69, 9.17) is 5.73 Å². The molecule has 4 rings (SSSR count). The first-order valence-corrected chi connectivity index (χ1v) is 12.2. The minimum Gasteiger partial charge on any atom is -0.388 e. The standard InChI is InChI=1S/C28H32FN3O3/c1-31-25-14-21(29)11-19-12-24(27(34)15-23(19)25)26(33)13-17-8-9-18(28(30)35)10-20(17)16-32(2)22-6-4-3-5-7-22/h8-12,14,22,31H,3-7,13,15-16H2,1-2H3,(H2,30,35). The second-order valence-electron chi connectivity index (χ2n) is 9.58. The van der Waals surface area contributed by atoms with Gasteiger partial charge in [-0.3, -0.25) is 19.3 Å². The first-order valence-electron chi connectivity index (χ1n) is 12.2. The molecule has 6 nitrogen and oxygen atoms in total. The molecule has 1 fully saturated rings. The van der Waals surface area contributed by atoms with Crippen molar-refractivity contribution in [2.24, 2.45) is 5.73 Å². The Morgan fingerprint density at radius 2 is 1.86 bits per heavy atom. The molecule has 2 aromatic carbocycles. The maximum Gasteiger partial charge on any atom is 0.248 e. The summed E-state index contributed by atoms with van der Waals surface area (Å²) in [5.41, 5.74) is 9.38. The zero-order chi connectivity index (χ0) is 25.1. The number of allylic oxidation sites excluding steroid dienone is 1. The molecule has 1 amide bonds. The molecule has 2 aromatic rings. The number of nitrogens with one attached hydrogen (secondary N) is 1. The van der Waals surface area contributed by atoms with Gasteiger partial charge in [0.15, 0.2) is 11.6 Å². The van der Waals surface area contributed by atoms with E-state index in [2.05, 4.69) is 17.3 Å². The second-order valence-corrected chi connectivity index (χ2v) is 9.58. The van der Waals surface area contributed by atoms with E-state index in [1.54, 1.807) is 25.2 Å². The molecule has 0 spiro atoms. The van der Waals surface area contributed by atoms with E-state index in [9.17, 15) is 18.8 Å². The van der Waals surface area contributed by atoms with Gasteiger partial charge in [-0.1, -0.05) is 25.3 Å². The average molecular weight is 478 g/mol. The van der Waals surface area contributed by atoms with E-state index in [0.29, 0.717) is 35.0 Å². The van der Waals surface area contributed by atoms with Gasteiger partial charge in [0.1, 0.15) is 5.82 Å². The Morgan fingerprint density at radius 1 is 1.11 bits per heavy atom. The van der Waals surface area contributed by atoms with Crippen LogP contribution in [0.25, 0.3) is 6.08 Å². The predicted molar refractivity (Wildman–Crippen MR) is 135 cm³/mol. The summed E-state index contributed by atoms with van der Waals surface area (Å²) in [6, 6.07) is 8.29. The number of hydrogen-bond acceptors (Lipinski definition) is 5. The van der Waals surface area contributed by atoms with Crippen LogP contribution in [0.1, 0.15) is 64.7 Å². The number of benzene rings is 2. The molecule has 0 bridgehead atoms. The first kappa shape index (κ1) is 24.8. The number of halogens is 1. The van der Waals surface area contributed by atoms with Crippen molar-refractivity contribution in [3.63, 3.8) is 0 Å². The maximum atomic E-state index is 14.1. The SMILES string of the molecule is CNc1cc(F)cc2c1CC(=O)C(C(=O)Cc1ccc(C(N)=O)cc1CN(C)C1CCCCC1)=C2.